The second kappa shape index (κ2) is 6.51. The minimum Gasteiger partial charge on any atom is -0.323 e. The van der Waals surface area contributed by atoms with Gasteiger partial charge in [-0.25, -0.2) is 18.7 Å². The van der Waals surface area contributed by atoms with Gasteiger partial charge in [-0.3, -0.25) is 5.10 Å². The van der Waals surface area contributed by atoms with Crippen molar-refractivity contribution in [2.45, 2.75) is 13.3 Å². The molecule has 0 saturated carbocycles. The molecular formula is C19H15F2N5. The molecule has 130 valence electrons. The Balaban J connectivity index is 1.74. The third kappa shape index (κ3) is 3.23. The minimum absolute atomic E-state index is 0.288. The third-order valence-corrected chi connectivity index (χ3v) is 3.95. The van der Waals surface area contributed by atoms with Gasteiger partial charge in [-0.15, -0.1) is 0 Å². The van der Waals surface area contributed by atoms with Crippen LogP contribution in [0.4, 0.5) is 20.4 Å². The van der Waals surface area contributed by atoms with Crippen LogP contribution in [0.2, 0.25) is 0 Å². The zero-order chi connectivity index (χ0) is 18.1. The third-order valence-electron chi connectivity index (χ3n) is 3.95. The van der Waals surface area contributed by atoms with Crippen molar-refractivity contribution in [3.63, 3.8) is 0 Å². The maximum atomic E-state index is 13.5. The van der Waals surface area contributed by atoms with Gasteiger partial charge in [-0.2, -0.15) is 5.10 Å². The molecule has 7 heteroatoms. The normalized spacial score (nSPS) is 11.0. The minimum atomic E-state index is -0.881. The van der Waals surface area contributed by atoms with Gasteiger partial charge in [0.05, 0.1) is 5.52 Å². The van der Waals surface area contributed by atoms with E-state index < -0.39 is 11.6 Å². The topological polar surface area (TPSA) is 66.5 Å². The fourth-order valence-electron chi connectivity index (χ4n) is 2.73. The van der Waals surface area contributed by atoms with Gasteiger partial charge in [0.2, 0.25) is 0 Å². The number of H-pyrrole nitrogens is 1. The Bertz CT molecular complexity index is 1090. The fraction of sp³-hybridized carbons (Fsp3) is 0.105. The quantitative estimate of drug-likeness (QED) is 0.576. The van der Waals surface area contributed by atoms with Crippen LogP contribution in [0.25, 0.3) is 10.9 Å². The predicted octanol–water partition coefficient (Wildman–Crippen LogP) is 4.27. The summed E-state index contributed by atoms with van der Waals surface area (Å²) in [5.41, 5.74) is 2.28. The number of benzene rings is 2. The molecular weight excluding hydrogens is 336 g/mol. The molecule has 2 aromatic heterocycles. The summed E-state index contributed by atoms with van der Waals surface area (Å²) >= 11 is 0. The number of aromatic nitrogens is 4. The van der Waals surface area contributed by atoms with Crippen LogP contribution < -0.4 is 5.32 Å². The zero-order valence-electron chi connectivity index (χ0n) is 13.9. The Hall–Kier alpha value is -3.35. The van der Waals surface area contributed by atoms with Crippen molar-refractivity contribution in [1.29, 1.82) is 0 Å². The molecule has 0 aliphatic rings. The average molecular weight is 351 g/mol. The lowest BCUT2D eigenvalue weighted by atomic mass is 10.1. The van der Waals surface area contributed by atoms with Crippen LogP contribution in [-0.4, -0.2) is 20.2 Å². The lowest BCUT2D eigenvalue weighted by Crippen LogP contribution is -2.03. The number of aromatic amines is 1. The molecule has 0 spiro atoms. The summed E-state index contributed by atoms with van der Waals surface area (Å²) in [4.78, 5) is 9.10. The van der Waals surface area contributed by atoms with Gasteiger partial charge in [0.1, 0.15) is 11.6 Å². The van der Waals surface area contributed by atoms with Crippen LogP contribution in [-0.2, 0) is 6.42 Å². The molecule has 0 fully saturated rings. The largest absolute Gasteiger partial charge is 0.323 e. The highest BCUT2D eigenvalue weighted by Gasteiger charge is 2.11. The first-order chi connectivity index (χ1) is 12.6. The molecule has 2 heterocycles. The van der Waals surface area contributed by atoms with E-state index >= 15 is 0 Å². The molecule has 0 saturated heterocycles. The first-order valence-corrected chi connectivity index (χ1v) is 8.07. The van der Waals surface area contributed by atoms with Gasteiger partial charge in [0.25, 0.3) is 0 Å². The van der Waals surface area contributed by atoms with Crippen molar-refractivity contribution in [2.75, 3.05) is 5.32 Å². The summed E-state index contributed by atoms with van der Waals surface area (Å²) in [6.07, 6.45) is 0.288. The summed E-state index contributed by atoms with van der Waals surface area (Å²) in [6, 6.07) is 13.3. The van der Waals surface area contributed by atoms with Gasteiger partial charge in [-0.05, 0) is 36.8 Å². The number of nitrogens with one attached hydrogen (secondary N) is 2. The molecule has 4 rings (SSSR count). The number of hydrogen-bond donors (Lipinski definition) is 2. The maximum Gasteiger partial charge on any atom is 0.159 e. The van der Waals surface area contributed by atoms with E-state index in [0.717, 1.165) is 28.7 Å². The Labute approximate surface area is 148 Å². The van der Waals surface area contributed by atoms with Crippen molar-refractivity contribution >= 4 is 22.5 Å². The van der Waals surface area contributed by atoms with Crippen molar-refractivity contribution in [3.05, 3.63) is 77.2 Å². The number of hydrogen-bond acceptors (Lipinski definition) is 4. The van der Waals surface area contributed by atoms with Gasteiger partial charge < -0.3 is 5.32 Å². The number of halogens is 2. The van der Waals surface area contributed by atoms with E-state index in [1.807, 2.05) is 37.3 Å². The van der Waals surface area contributed by atoms with E-state index in [0.29, 0.717) is 23.0 Å². The smallest absolute Gasteiger partial charge is 0.159 e. The Morgan fingerprint density at radius 1 is 1.00 bits per heavy atom. The molecule has 0 unspecified atom stereocenters. The van der Waals surface area contributed by atoms with Crippen LogP contribution in [0, 0.1) is 18.6 Å². The molecule has 2 aromatic carbocycles. The highest BCUT2D eigenvalue weighted by Crippen LogP contribution is 2.24. The summed E-state index contributed by atoms with van der Waals surface area (Å²) in [5, 5.41) is 11.1. The Kier molecular flexibility index (Phi) is 4.04. The van der Waals surface area contributed by atoms with E-state index in [4.69, 9.17) is 0 Å². The SMILES string of the molecule is Cc1cc(Nc2nc(Cc3ccc(F)c(F)c3)nc3ccccc23)n[nH]1. The standard InChI is InChI=1S/C19H15F2N5/c1-11-8-18(26-25-11)24-19-13-4-2-3-5-16(13)22-17(23-19)10-12-6-7-14(20)15(21)9-12/h2-9H,10H2,1H3,(H2,22,23,24,25,26). The molecule has 4 aromatic rings. The lowest BCUT2D eigenvalue weighted by Gasteiger charge is -2.09. The van der Waals surface area contributed by atoms with Crippen LogP contribution >= 0.6 is 0 Å². The molecule has 0 aliphatic carbocycles. The second-order valence-electron chi connectivity index (χ2n) is 5.99. The summed E-state index contributed by atoms with van der Waals surface area (Å²) in [5.74, 6) is 0.00681. The number of nitrogens with zero attached hydrogens (tertiary/aromatic N) is 3. The Morgan fingerprint density at radius 2 is 1.85 bits per heavy atom. The van der Waals surface area contributed by atoms with Gasteiger partial charge in [0.15, 0.2) is 17.5 Å². The zero-order valence-corrected chi connectivity index (χ0v) is 13.9. The monoisotopic (exact) mass is 351 g/mol. The van der Waals surface area contributed by atoms with Crippen molar-refractivity contribution in [3.8, 4) is 0 Å². The summed E-state index contributed by atoms with van der Waals surface area (Å²) in [6.45, 7) is 1.91. The van der Waals surface area contributed by atoms with Gasteiger partial charge in [0, 0.05) is 23.6 Å². The first-order valence-electron chi connectivity index (χ1n) is 8.07. The van der Waals surface area contributed by atoms with E-state index in [9.17, 15) is 8.78 Å². The molecule has 26 heavy (non-hydrogen) atoms. The molecule has 0 bridgehead atoms. The number of aryl methyl sites for hydroxylation is 1. The fourth-order valence-corrected chi connectivity index (χ4v) is 2.73. The van der Waals surface area contributed by atoms with Crippen LogP contribution in [0.1, 0.15) is 17.1 Å². The molecule has 0 radical (unpaired) electrons. The highest BCUT2D eigenvalue weighted by atomic mass is 19.2. The van der Waals surface area contributed by atoms with E-state index in [1.165, 1.54) is 6.07 Å². The summed E-state index contributed by atoms with van der Waals surface area (Å²) in [7, 11) is 0. The van der Waals surface area contributed by atoms with Crippen molar-refractivity contribution < 1.29 is 8.78 Å². The number of fused-ring (bicyclic) bond motifs is 1. The maximum absolute atomic E-state index is 13.5. The van der Waals surface area contributed by atoms with E-state index in [2.05, 4.69) is 25.5 Å². The Morgan fingerprint density at radius 3 is 2.62 bits per heavy atom. The molecule has 5 nitrogen and oxygen atoms in total. The molecule has 0 atom stereocenters. The van der Waals surface area contributed by atoms with E-state index in [1.54, 1.807) is 0 Å². The van der Waals surface area contributed by atoms with Gasteiger partial charge in [-0.1, -0.05) is 18.2 Å². The number of para-hydroxylation sites is 1. The summed E-state index contributed by atoms with van der Waals surface area (Å²) < 4.78 is 26.6. The molecule has 0 amide bonds. The van der Waals surface area contributed by atoms with Crippen molar-refractivity contribution in [1.82, 2.24) is 20.2 Å². The van der Waals surface area contributed by atoms with Crippen LogP contribution in [0.15, 0.2) is 48.5 Å². The lowest BCUT2D eigenvalue weighted by molar-refractivity contribution is 0.507. The van der Waals surface area contributed by atoms with Crippen LogP contribution in [0.5, 0.6) is 0 Å². The van der Waals surface area contributed by atoms with E-state index in [-0.39, 0.29) is 6.42 Å². The number of rotatable bonds is 4. The number of anilines is 2. The first kappa shape index (κ1) is 16.1. The van der Waals surface area contributed by atoms with Crippen molar-refractivity contribution in [2.24, 2.45) is 0 Å². The molecule has 0 aliphatic heterocycles. The van der Waals surface area contributed by atoms with Crippen LogP contribution in [0.3, 0.4) is 0 Å². The molecule has 2 N–H and O–H groups in total. The van der Waals surface area contributed by atoms with Gasteiger partial charge >= 0.3 is 0 Å². The predicted molar refractivity (Wildman–Crippen MR) is 95.3 cm³/mol. The average Bonchev–Trinajstić information content (AvgIpc) is 3.03. The highest BCUT2D eigenvalue weighted by molar-refractivity contribution is 5.90. The second-order valence-corrected chi connectivity index (χ2v) is 5.99.